The zero-order valence-corrected chi connectivity index (χ0v) is 12.8. The summed E-state index contributed by atoms with van der Waals surface area (Å²) >= 11 is 0. The van der Waals surface area contributed by atoms with Gasteiger partial charge in [-0.05, 0) is 34.7 Å². The molecule has 0 N–H and O–H groups in total. The van der Waals surface area contributed by atoms with Gasteiger partial charge in [-0.1, -0.05) is 0 Å². The van der Waals surface area contributed by atoms with E-state index in [2.05, 4.69) is 44.4 Å². The Labute approximate surface area is 115 Å². The SMILES string of the molecule is COC(=O)CC(=O)OC1CC(C)(C)N(C)C(C)(C)C1. The number of esters is 2. The van der Waals surface area contributed by atoms with E-state index in [0.29, 0.717) is 0 Å². The maximum Gasteiger partial charge on any atom is 0.317 e. The smallest absolute Gasteiger partial charge is 0.317 e. The first kappa shape index (κ1) is 16.0. The van der Waals surface area contributed by atoms with E-state index in [1.54, 1.807) is 0 Å². The predicted octanol–water partition coefficient (Wildman–Crippen LogP) is 1.74. The number of nitrogens with zero attached hydrogens (tertiary/aromatic N) is 1. The fourth-order valence-corrected chi connectivity index (χ4v) is 2.78. The summed E-state index contributed by atoms with van der Waals surface area (Å²) in [4.78, 5) is 25.0. The van der Waals surface area contributed by atoms with E-state index in [-0.39, 0.29) is 23.6 Å². The third-order valence-corrected chi connectivity index (χ3v) is 4.08. The van der Waals surface area contributed by atoms with Crippen molar-refractivity contribution in [1.82, 2.24) is 4.90 Å². The maximum atomic E-state index is 11.6. The monoisotopic (exact) mass is 271 g/mol. The van der Waals surface area contributed by atoms with Gasteiger partial charge in [0.25, 0.3) is 0 Å². The van der Waals surface area contributed by atoms with Crippen LogP contribution in [0, 0.1) is 0 Å². The molecule has 110 valence electrons. The molecular formula is C14H25NO4. The van der Waals surface area contributed by atoms with Gasteiger partial charge >= 0.3 is 11.9 Å². The molecule has 0 aromatic carbocycles. The van der Waals surface area contributed by atoms with Crippen LogP contribution in [-0.2, 0) is 19.1 Å². The Hall–Kier alpha value is -1.10. The molecule has 1 heterocycles. The summed E-state index contributed by atoms with van der Waals surface area (Å²) in [6, 6.07) is 0. The number of piperidine rings is 1. The lowest BCUT2D eigenvalue weighted by molar-refractivity contribution is -0.163. The summed E-state index contributed by atoms with van der Waals surface area (Å²) in [5.41, 5.74) is -0.0874. The molecule has 0 bridgehead atoms. The van der Waals surface area contributed by atoms with E-state index in [9.17, 15) is 9.59 Å². The van der Waals surface area contributed by atoms with Crippen molar-refractivity contribution in [2.24, 2.45) is 0 Å². The molecule has 1 rings (SSSR count). The zero-order valence-electron chi connectivity index (χ0n) is 12.8. The van der Waals surface area contributed by atoms with Gasteiger partial charge in [0, 0.05) is 23.9 Å². The van der Waals surface area contributed by atoms with Gasteiger partial charge in [-0.3, -0.25) is 14.5 Å². The first-order valence-corrected chi connectivity index (χ1v) is 6.59. The van der Waals surface area contributed by atoms with Crippen molar-refractivity contribution < 1.29 is 19.1 Å². The lowest BCUT2D eigenvalue weighted by Crippen LogP contribution is -2.60. The summed E-state index contributed by atoms with van der Waals surface area (Å²) in [5, 5.41) is 0. The normalized spacial score (nSPS) is 22.8. The molecule has 0 aromatic heterocycles. The van der Waals surface area contributed by atoms with E-state index < -0.39 is 11.9 Å². The summed E-state index contributed by atoms with van der Waals surface area (Å²) in [6.45, 7) is 8.54. The average Bonchev–Trinajstić information content (AvgIpc) is 2.24. The molecule has 1 fully saturated rings. The average molecular weight is 271 g/mol. The fraction of sp³-hybridized carbons (Fsp3) is 0.857. The zero-order chi connectivity index (χ0) is 14.8. The fourth-order valence-electron chi connectivity index (χ4n) is 2.78. The highest BCUT2D eigenvalue weighted by molar-refractivity contribution is 5.91. The highest BCUT2D eigenvalue weighted by Crippen LogP contribution is 2.38. The summed E-state index contributed by atoms with van der Waals surface area (Å²) in [7, 11) is 3.35. The van der Waals surface area contributed by atoms with Crippen LogP contribution in [0.1, 0.15) is 47.0 Å². The van der Waals surface area contributed by atoms with E-state index >= 15 is 0 Å². The molecule has 5 nitrogen and oxygen atoms in total. The molecule has 0 unspecified atom stereocenters. The largest absolute Gasteiger partial charge is 0.469 e. The minimum absolute atomic E-state index is 0.0437. The number of carbonyl (C=O) groups excluding carboxylic acids is 2. The second-order valence-electron chi connectivity index (χ2n) is 6.46. The van der Waals surface area contributed by atoms with E-state index in [4.69, 9.17) is 4.74 Å². The molecule has 0 aromatic rings. The Balaban J connectivity index is 2.65. The lowest BCUT2D eigenvalue weighted by atomic mass is 9.79. The van der Waals surface area contributed by atoms with E-state index in [1.165, 1.54) is 7.11 Å². The Bertz CT molecular complexity index is 344. The molecule has 0 atom stereocenters. The Morgan fingerprint density at radius 3 is 2.00 bits per heavy atom. The van der Waals surface area contributed by atoms with Crippen molar-refractivity contribution >= 4 is 11.9 Å². The molecule has 1 aliphatic rings. The van der Waals surface area contributed by atoms with Crippen LogP contribution in [0.25, 0.3) is 0 Å². The highest BCUT2D eigenvalue weighted by atomic mass is 16.6. The number of hydrogen-bond donors (Lipinski definition) is 0. The molecule has 0 saturated carbocycles. The van der Waals surface area contributed by atoms with E-state index in [1.807, 2.05) is 0 Å². The van der Waals surface area contributed by atoms with Crippen LogP contribution in [0.4, 0.5) is 0 Å². The van der Waals surface area contributed by atoms with Crippen LogP contribution in [0.15, 0.2) is 0 Å². The van der Waals surface area contributed by atoms with Gasteiger partial charge < -0.3 is 9.47 Å². The van der Waals surface area contributed by atoms with Gasteiger partial charge in [-0.15, -0.1) is 0 Å². The molecule has 0 amide bonds. The molecule has 5 heteroatoms. The van der Waals surface area contributed by atoms with E-state index in [0.717, 1.165) is 12.8 Å². The maximum absolute atomic E-state index is 11.6. The van der Waals surface area contributed by atoms with Crippen molar-refractivity contribution in [2.45, 2.75) is 64.1 Å². The first-order valence-electron chi connectivity index (χ1n) is 6.59. The summed E-state index contributed by atoms with van der Waals surface area (Å²) in [5.74, 6) is -1.07. The number of likely N-dealkylation sites (tertiary alicyclic amines) is 1. The Kier molecular flexibility index (Phi) is 4.61. The molecule has 0 aliphatic carbocycles. The first-order chi connectivity index (χ1) is 8.58. The lowest BCUT2D eigenvalue weighted by Gasteiger charge is -2.53. The van der Waals surface area contributed by atoms with Crippen molar-refractivity contribution in [2.75, 3.05) is 14.2 Å². The quantitative estimate of drug-likeness (QED) is 0.578. The van der Waals surface area contributed by atoms with Crippen LogP contribution in [0.5, 0.6) is 0 Å². The summed E-state index contributed by atoms with van der Waals surface area (Å²) < 4.78 is 9.88. The number of methoxy groups -OCH3 is 1. The Morgan fingerprint density at radius 1 is 1.11 bits per heavy atom. The van der Waals surface area contributed by atoms with Crippen molar-refractivity contribution in [3.63, 3.8) is 0 Å². The van der Waals surface area contributed by atoms with Gasteiger partial charge in [0.1, 0.15) is 12.5 Å². The minimum Gasteiger partial charge on any atom is -0.469 e. The third kappa shape index (κ3) is 3.93. The third-order valence-electron chi connectivity index (χ3n) is 4.08. The number of hydrogen-bond acceptors (Lipinski definition) is 5. The second kappa shape index (κ2) is 5.49. The van der Waals surface area contributed by atoms with Crippen LogP contribution in [0.2, 0.25) is 0 Å². The topological polar surface area (TPSA) is 55.8 Å². The van der Waals surface area contributed by atoms with Crippen LogP contribution >= 0.6 is 0 Å². The van der Waals surface area contributed by atoms with Crippen LogP contribution < -0.4 is 0 Å². The minimum atomic E-state index is -0.559. The predicted molar refractivity (Wildman–Crippen MR) is 71.7 cm³/mol. The molecule has 19 heavy (non-hydrogen) atoms. The number of rotatable bonds is 3. The van der Waals surface area contributed by atoms with Gasteiger partial charge in [-0.2, -0.15) is 0 Å². The van der Waals surface area contributed by atoms with Crippen LogP contribution in [0.3, 0.4) is 0 Å². The van der Waals surface area contributed by atoms with Gasteiger partial charge in [0.05, 0.1) is 7.11 Å². The van der Waals surface area contributed by atoms with Gasteiger partial charge in [0.15, 0.2) is 0 Å². The molecular weight excluding hydrogens is 246 g/mol. The van der Waals surface area contributed by atoms with Crippen LogP contribution in [-0.4, -0.2) is 48.2 Å². The second-order valence-corrected chi connectivity index (χ2v) is 6.46. The molecule has 1 saturated heterocycles. The number of ether oxygens (including phenoxy) is 2. The summed E-state index contributed by atoms with van der Waals surface area (Å²) in [6.07, 6.45) is 1.06. The van der Waals surface area contributed by atoms with Crippen molar-refractivity contribution in [3.05, 3.63) is 0 Å². The van der Waals surface area contributed by atoms with Crippen molar-refractivity contribution in [3.8, 4) is 0 Å². The highest BCUT2D eigenvalue weighted by Gasteiger charge is 2.44. The Morgan fingerprint density at radius 2 is 1.58 bits per heavy atom. The number of carbonyl (C=O) groups is 2. The molecule has 0 radical (unpaired) electrons. The molecule has 1 aliphatic heterocycles. The van der Waals surface area contributed by atoms with Gasteiger partial charge in [-0.25, -0.2) is 0 Å². The van der Waals surface area contributed by atoms with Crippen molar-refractivity contribution in [1.29, 1.82) is 0 Å². The standard InChI is InChI=1S/C14H25NO4/c1-13(2)8-10(9-14(3,4)15(13)5)19-12(17)7-11(16)18-6/h10H,7-9H2,1-6H3. The van der Waals surface area contributed by atoms with Gasteiger partial charge in [0.2, 0.25) is 0 Å². The molecule has 0 spiro atoms.